The van der Waals surface area contributed by atoms with Crippen LogP contribution in [0.4, 0.5) is 0 Å². The highest BCUT2D eigenvalue weighted by Crippen LogP contribution is 2.35. The molecule has 3 aromatic rings. The maximum absolute atomic E-state index is 12.8. The van der Waals surface area contributed by atoms with Crippen molar-refractivity contribution in [3.05, 3.63) is 94.5 Å². The van der Waals surface area contributed by atoms with Crippen LogP contribution in [0.1, 0.15) is 40.2 Å². The number of carbonyl (C=O) groups excluding carboxylic acids is 1. The number of pyridine rings is 1. The molecule has 0 atom stereocenters. The van der Waals surface area contributed by atoms with Gasteiger partial charge in [-0.2, -0.15) is 4.73 Å². The first-order chi connectivity index (χ1) is 14.2. The molecular weight excluding hydrogens is 364 g/mol. The average Bonchev–Trinajstić information content (AvgIpc) is 3.16. The van der Waals surface area contributed by atoms with Crippen molar-refractivity contribution in [2.24, 2.45) is 0 Å². The molecule has 0 bridgehead atoms. The van der Waals surface area contributed by atoms with E-state index >= 15 is 0 Å². The lowest BCUT2D eigenvalue weighted by atomic mass is 9.90. The lowest BCUT2D eigenvalue weighted by Gasteiger charge is -2.30. The van der Waals surface area contributed by atoms with Gasteiger partial charge in [0.15, 0.2) is 12.4 Å². The quantitative estimate of drug-likeness (QED) is 0.477. The van der Waals surface area contributed by atoms with E-state index in [0.29, 0.717) is 23.4 Å². The Labute approximate surface area is 169 Å². The number of nitrogens with zero attached hydrogens (tertiary/aromatic N) is 4. The minimum absolute atomic E-state index is 0.0163. The molecule has 1 aromatic carbocycles. The Balaban J connectivity index is 1.46. The number of aryl methyl sites for hydroxylation is 2. The Hall–Kier alpha value is -3.41. The van der Waals surface area contributed by atoms with Crippen LogP contribution >= 0.6 is 0 Å². The van der Waals surface area contributed by atoms with E-state index in [2.05, 4.69) is 40.0 Å². The largest absolute Gasteiger partial charge is 0.619 e. The van der Waals surface area contributed by atoms with Crippen LogP contribution in [-0.2, 0) is 13.0 Å². The molecule has 0 unspecified atom stereocenters. The molecule has 1 saturated heterocycles. The highest BCUT2D eigenvalue weighted by Gasteiger charge is 2.26. The van der Waals surface area contributed by atoms with Crippen LogP contribution in [0.3, 0.4) is 0 Å². The summed E-state index contributed by atoms with van der Waals surface area (Å²) in [7, 11) is 0. The maximum atomic E-state index is 12.8. The normalized spacial score (nSPS) is 16.2. The Bertz CT molecular complexity index is 1090. The van der Waals surface area contributed by atoms with Gasteiger partial charge >= 0.3 is 0 Å². The molecule has 1 amide bonds. The fourth-order valence-electron chi connectivity index (χ4n) is 4.38. The van der Waals surface area contributed by atoms with Gasteiger partial charge in [0, 0.05) is 49.7 Å². The van der Waals surface area contributed by atoms with Crippen LogP contribution in [0.2, 0.25) is 0 Å². The molecule has 29 heavy (non-hydrogen) atoms. The second-order valence-electron chi connectivity index (χ2n) is 7.57. The lowest BCUT2D eigenvalue weighted by molar-refractivity contribution is -0.605. The van der Waals surface area contributed by atoms with E-state index in [4.69, 9.17) is 0 Å². The van der Waals surface area contributed by atoms with Gasteiger partial charge in [-0.25, -0.2) is 4.98 Å². The minimum Gasteiger partial charge on any atom is -0.619 e. The number of imidazole rings is 1. The summed E-state index contributed by atoms with van der Waals surface area (Å²) in [6, 6.07) is 11.8. The highest BCUT2D eigenvalue weighted by molar-refractivity contribution is 5.94. The van der Waals surface area contributed by atoms with E-state index in [-0.39, 0.29) is 5.91 Å². The number of hydrogen-bond acceptors (Lipinski definition) is 3. The van der Waals surface area contributed by atoms with Crippen molar-refractivity contribution in [2.45, 2.75) is 25.8 Å². The Morgan fingerprint density at radius 2 is 1.76 bits per heavy atom. The molecule has 146 valence electrons. The van der Waals surface area contributed by atoms with Gasteiger partial charge < -0.3 is 14.7 Å². The predicted molar refractivity (Wildman–Crippen MR) is 109 cm³/mol. The number of amides is 1. The van der Waals surface area contributed by atoms with Crippen molar-refractivity contribution in [3.63, 3.8) is 0 Å². The molecule has 2 aromatic heterocycles. The first kappa shape index (κ1) is 17.7. The molecule has 0 aliphatic carbocycles. The van der Waals surface area contributed by atoms with Crippen LogP contribution < -0.4 is 4.73 Å². The van der Waals surface area contributed by atoms with Gasteiger partial charge in [0.2, 0.25) is 0 Å². The summed E-state index contributed by atoms with van der Waals surface area (Å²) in [6.07, 6.45) is 9.32. The zero-order valence-electron chi connectivity index (χ0n) is 16.1. The van der Waals surface area contributed by atoms with E-state index in [1.807, 2.05) is 11.1 Å². The standard InChI is InChI=1S/C23H22N4O2/c28-23(19-8-14-27(29)15-9-19)26-12-6-18(7-13-26)21-20-4-2-1-3-17(20)5-11-25-16-10-24-22(21)25/h1-4,8-10,14-16H,5-7,11-13H2. The molecule has 6 nitrogen and oxygen atoms in total. The summed E-state index contributed by atoms with van der Waals surface area (Å²) in [5.41, 5.74) is 5.79. The Kier molecular flexibility index (Phi) is 4.39. The highest BCUT2D eigenvalue weighted by atomic mass is 16.5. The third kappa shape index (κ3) is 3.20. The van der Waals surface area contributed by atoms with Crippen LogP contribution in [0, 0.1) is 5.21 Å². The van der Waals surface area contributed by atoms with Crippen molar-refractivity contribution < 1.29 is 9.52 Å². The molecule has 0 saturated carbocycles. The first-order valence-corrected chi connectivity index (χ1v) is 10.0. The summed E-state index contributed by atoms with van der Waals surface area (Å²) in [5.74, 6) is 1.02. The number of benzene rings is 1. The van der Waals surface area contributed by atoms with Crippen LogP contribution in [0.25, 0.3) is 5.57 Å². The van der Waals surface area contributed by atoms with E-state index < -0.39 is 0 Å². The van der Waals surface area contributed by atoms with Gasteiger partial charge in [0.05, 0.1) is 5.56 Å². The van der Waals surface area contributed by atoms with Gasteiger partial charge in [-0.05, 0) is 30.4 Å². The number of piperidine rings is 1. The zero-order valence-corrected chi connectivity index (χ0v) is 16.1. The van der Waals surface area contributed by atoms with E-state index in [0.717, 1.165) is 31.6 Å². The summed E-state index contributed by atoms with van der Waals surface area (Å²) in [4.78, 5) is 19.3. The van der Waals surface area contributed by atoms with Crippen molar-refractivity contribution in [2.75, 3.05) is 13.1 Å². The number of rotatable bonds is 1. The number of likely N-dealkylation sites (tertiary alicyclic amines) is 1. The monoisotopic (exact) mass is 386 g/mol. The molecule has 2 aliphatic heterocycles. The fraction of sp³-hybridized carbons (Fsp3) is 0.261. The van der Waals surface area contributed by atoms with Crippen LogP contribution in [0.5, 0.6) is 0 Å². The number of hydrogen-bond donors (Lipinski definition) is 0. The van der Waals surface area contributed by atoms with E-state index in [9.17, 15) is 10.0 Å². The average molecular weight is 386 g/mol. The summed E-state index contributed by atoms with van der Waals surface area (Å²) in [5, 5.41) is 11.2. The van der Waals surface area contributed by atoms with Crippen LogP contribution in [0.15, 0.2) is 66.8 Å². The molecule has 0 N–H and O–H groups in total. The molecule has 6 heteroatoms. The first-order valence-electron chi connectivity index (χ1n) is 10.0. The van der Waals surface area contributed by atoms with E-state index in [1.54, 1.807) is 12.1 Å². The number of carbonyl (C=O) groups is 1. The Morgan fingerprint density at radius 1 is 1.00 bits per heavy atom. The molecule has 0 spiro atoms. The second kappa shape index (κ2) is 7.20. The van der Waals surface area contributed by atoms with Crippen LogP contribution in [-0.4, -0.2) is 33.4 Å². The smallest absolute Gasteiger partial charge is 0.254 e. The number of aromatic nitrogens is 3. The maximum Gasteiger partial charge on any atom is 0.254 e. The SMILES string of the molecule is O=C(c1cc[n+]([O-])cc1)N1CCC(=C2c3ccccc3CCn3ccnc32)CC1. The molecule has 5 rings (SSSR count). The van der Waals surface area contributed by atoms with Crippen molar-refractivity contribution in [3.8, 4) is 0 Å². The van der Waals surface area contributed by atoms with Gasteiger partial charge in [0.25, 0.3) is 5.91 Å². The Morgan fingerprint density at radius 3 is 2.55 bits per heavy atom. The number of fused-ring (bicyclic) bond motifs is 2. The topological polar surface area (TPSA) is 65.1 Å². The minimum atomic E-state index is -0.0163. The van der Waals surface area contributed by atoms with Crippen molar-refractivity contribution >= 4 is 11.5 Å². The van der Waals surface area contributed by atoms with Crippen molar-refractivity contribution in [1.82, 2.24) is 14.5 Å². The molecule has 1 fully saturated rings. The van der Waals surface area contributed by atoms with E-state index in [1.165, 1.54) is 34.7 Å². The fourth-order valence-corrected chi connectivity index (χ4v) is 4.38. The molecule has 2 aliphatic rings. The third-order valence-electron chi connectivity index (χ3n) is 5.90. The third-order valence-corrected chi connectivity index (χ3v) is 5.90. The molecule has 0 radical (unpaired) electrons. The molecular formula is C23H22N4O2. The second-order valence-corrected chi connectivity index (χ2v) is 7.57. The van der Waals surface area contributed by atoms with Gasteiger partial charge in [-0.1, -0.05) is 29.8 Å². The summed E-state index contributed by atoms with van der Waals surface area (Å²) in [6.45, 7) is 2.28. The zero-order chi connectivity index (χ0) is 19.8. The molecule has 4 heterocycles. The summed E-state index contributed by atoms with van der Waals surface area (Å²) < 4.78 is 2.93. The van der Waals surface area contributed by atoms with Gasteiger partial charge in [-0.15, -0.1) is 0 Å². The van der Waals surface area contributed by atoms with Gasteiger partial charge in [-0.3, -0.25) is 4.79 Å². The lowest BCUT2D eigenvalue weighted by Crippen LogP contribution is -2.37. The van der Waals surface area contributed by atoms with Gasteiger partial charge in [0.1, 0.15) is 5.82 Å². The summed E-state index contributed by atoms with van der Waals surface area (Å²) >= 11 is 0. The van der Waals surface area contributed by atoms with Crippen molar-refractivity contribution in [1.29, 1.82) is 0 Å². The predicted octanol–water partition coefficient (Wildman–Crippen LogP) is 2.81.